The first kappa shape index (κ1) is 21.6. The van der Waals surface area contributed by atoms with Gasteiger partial charge < -0.3 is 10.1 Å². The molecule has 1 amide bonds. The molecule has 3 aromatic carbocycles. The monoisotopic (exact) mass is 448 g/mol. The van der Waals surface area contributed by atoms with Gasteiger partial charge in [0.2, 0.25) is 0 Å². The minimum absolute atomic E-state index is 0.0201. The molecule has 0 spiro atoms. The number of hydrogen-bond donors (Lipinski definition) is 2. The number of hydrogen-bond acceptors (Lipinski definition) is 4. The number of nitrogens with one attached hydrogen (secondary N) is 2. The van der Waals surface area contributed by atoms with E-state index in [0.717, 1.165) is 24.3 Å². The first-order valence-corrected chi connectivity index (χ1v) is 10.8. The third-order valence-corrected chi connectivity index (χ3v) is 5.74. The van der Waals surface area contributed by atoms with E-state index in [1.807, 2.05) is 6.92 Å². The molecule has 0 bridgehead atoms. The summed E-state index contributed by atoms with van der Waals surface area (Å²) in [5, 5.41) is 2.84. The summed E-state index contributed by atoms with van der Waals surface area (Å²) in [7, 11) is -4.02. The van der Waals surface area contributed by atoms with E-state index in [1.165, 1.54) is 18.2 Å². The number of benzene rings is 3. The van der Waals surface area contributed by atoms with Crippen LogP contribution in [0.25, 0.3) is 0 Å². The predicted molar refractivity (Wildman–Crippen MR) is 114 cm³/mol. The Labute approximate surface area is 178 Å². The van der Waals surface area contributed by atoms with Crippen LogP contribution in [0.4, 0.5) is 15.8 Å². The quantitative estimate of drug-likeness (QED) is 0.536. The molecule has 0 saturated carbocycles. The zero-order valence-electron chi connectivity index (χ0n) is 15.9. The summed E-state index contributed by atoms with van der Waals surface area (Å²) in [5.74, 6) is -0.515. The Balaban J connectivity index is 1.84. The SMILES string of the molecule is CCOc1ccccc1NC(=O)c1ccc(Cl)c(NS(=O)(=O)c2ccc(F)cc2)c1. The van der Waals surface area contributed by atoms with Crippen molar-refractivity contribution in [3.05, 3.63) is 83.1 Å². The second-order valence-corrected chi connectivity index (χ2v) is 8.23. The van der Waals surface area contributed by atoms with E-state index in [0.29, 0.717) is 18.0 Å². The topological polar surface area (TPSA) is 84.5 Å². The molecule has 0 atom stereocenters. The highest BCUT2D eigenvalue weighted by Crippen LogP contribution is 2.28. The minimum Gasteiger partial charge on any atom is -0.492 e. The first-order valence-electron chi connectivity index (χ1n) is 8.91. The molecule has 0 aromatic heterocycles. The number of halogens is 2. The van der Waals surface area contributed by atoms with Gasteiger partial charge in [0.25, 0.3) is 15.9 Å². The number of carbonyl (C=O) groups excluding carboxylic acids is 1. The van der Waals surface area contributed by atoms with Gasteiger partial charge in [-0.1, -0.05) is 23.7 Å². The lowest BCUT2D eigenvalue weighted by Gasteiger charge is -2.13. The number of para-hydroxylation sites is 2. The van der Waals surface area contributed by atoms with E-state index in [1.54, 1.807) is 24.3 Å². The van der Waals surface area contributed by atoms with Gasteiger partial charge in [-0.2, -0.15) is 0 Å². The van der Waals surface area contributed by atoms with Crippen LogP contribution in [0.5, 0.6) is 5.75 Å². The first-order chi connectivity index (χ1) is 14.3. The highest BCUT2D eigenvalue weighted by atomic mass is 35.5. The number of carbonyl (C=O) groups is 1. The van der Waals surface area contributed by atoms with E-state index in [4.69, 9.17) is 16.3 Å². The summed E-state index contributed by atoms with van der Waals surface area (Å²) in [6, 6.07) is 15.5. The van der Waals surface area contributed by atoms with Gasteiger partial charge in [0.15, 0.2) is 0 Å². The molecule has 0 saturated heterocycles. The van der Waals surface area contributed by atoms with Crippen LogP contribution in [-0.2, 0) is 10.0 Å². The third-order valence-electron chi connectivity index (χ3n) is 4.03. The Bertz CT molecular complexity index is 1170. The van der Waals surface area contributed by atoms with Crippen LogP contribution in [0.2, 0.25) is 5.02 Å². The molecule has 3 aromatic rings. The van der Waals surface area contributed by atoms with Gasteiger partial charge in [-0.15, -0.1) is 0 Å². The number of amides is 1. The maximum Gasteiger partial charge on any atom is 0.261 e. The lowest BCUT2D eigenvalue weighted by Crippen LogP contribution is -2.16. The zero-order chi connectivity index (χ0) is 21.7. The predicted octanol–water partition coefficient (Wildman–Crippen LogP) is 4.93. The molecule has 0 aliphatic heterocycles. The zero-order valence-corrected chi connectivity index (χ0v) is 17.4. The molecule has 0 aliphatic carbocycles. The number of ether oxygens (including phenoxy) is 1. The molecule has 9 heteroatoms. The van der Waals surface area contributed by atoms with Crippen molar-refractivity contribution >= 4 is 38.9 Å². The highest BCUT2D eigenvalue weighted by Gasteiger charge is 2.18. The van der Waals surface area contributed by atoms with Crippen molar-refractivity contribution in [2.24, 2.45) is 0 Å². The largest absolute Gasteiger partial charge is 0.492 e. The molecular weight excluding hydrogens is 431 g/mol. The fourth-order valence-corrected chi connectivity index (χ4v) is 3.90. The van der Waals surface area contributed by atoms with Crippen molar-refractivity contribution in [1.29, 1.82) is 0 Å². The fraction of sp³-hybridized carbons (Fsp3) is 0.0952. The van der Waals surface area contributed by atoms with E-state index >= 15 is 0 Å². The van der Waals surface area contributed by atoms with Crippen LogP contribution >= 0.6 is 11.6 Å². The van der Waals surface area contributed by atoms with Gasteiger partial charge in [0, 0.05) is 5.56 Å². The molecule has 156 valence electrons. The third kappa shape index (κ3) is 5.08. The van der Waals surface area contributed by atoms with Gasteiger partial charge in [-0.25, -0.2) is 12.8 Å². The standard InChI is InChI=1S/C21H18ClFN2O4S/c1-2-29-20-6-4-3-5-18(20)24-21(26)14-7-12-17(22)19(13-14)25-30(27,28)16-10-8-15(23)9-11-16/h3-13,25H,2H2,1H3,(H,24,26). The average Bonchev–Trinajstić information content (AvgIpc) is 2.71. The second kappa shape index (κ2) is 9.15. The van der Waals surface area contributed by atoms with Crippen LogP contribution < -0.4 is 14.8 Å². The van der Waals surface area contributed by atoms with Crippen LogP contribution in [0.3, 0.4) is 0 Å². The molecular formula is C21H18ClFN2O4S. The second-order valence-electron chi connectivity index (χ2n) is 6.14. The van der Waals surface area contributed by atoms with Gasteiger partial charge in [0.1, 0.15) is 11.6 Å². The van der Waals surface area contributed by atoms with E-state index in [9.17, 15) is 17.6 Å². The van der Waals surface area contributed by atoms with E-state index in [-0.39, 0.29) is 21.2 Å². The Morgan fingerprint density at radius 2 is 1.73 bits per heavy atom. The van der Waals surface area contributed by atoms with E-state index in [2.05, 4.69) is 10.0 Å². The van der Waals surface area contributed by atoms with Crippen LogP contribution in [0.1, 0.15) is 17.3 Å². The highest BCUT2D eigenvalue weighted by molar-refractivity contribution is 7.92. The smallest absolute Gasteiger partial charge is 0.261 e. The van der Waals surface area contributed by atoms with Crippen molar-refractivity contribution in [3.63, 3.8) is 0 Å². The summed E-state index contributed by atoms with van der Waals surface area (Å²) in [4.78, 5) is 12.5. The van der Waals surface area contributed by atoms with Crippen LogP contribution in [-0.4, -0.2) is 20.9 Å². The van der Waals surface area contributed by atoms with Crippen molar-refractivity contribution in [1.82, 2.24) is 0 Å². The number of sulfonamides is 1. The van der Waals surface area contributed by atoms with Crippen molar-refractivity contribution in [2.75, 3.05) is 16.6 Å². The molecule has 0 aliphatic rings. The molecule has 30 heavy (non-hydrogen) atoms. The van der Waals surface area contributed by atoms with Crippen LogP contribution in [0.15, 0.2) is 71.6 Å². The maximum atomic E-state index is 13.1. The van der Waals surface area contributed by atoms with Crippen molar-refractivity contribution in [3.8, 4) is 5.75 Å². The minimum atomic E-state index is -4.02. The summed E-state index contributed by atoms with van der Waals surface area (Å²) < 4.78 is 46.0. The number of anilines is 2. The molecule has 0 unspecified atom stereocenters. The van der Waals surface area contributed by atoms with Gasteiger partial charge in [-0.3, -0.25) is 9.52 Å². The molecule has 0 fully saturated rings. The van der Waals surface area contributed by atoms with Crippen molar-refractivity contribution in [2.45, 2.75) is 11.8 Å². The van der Waals surface area contributed by atoms with Gasteiger partial charge in [-0.05, 0) is 61.5 Å². The number of rotatable bonds is 7. The molecule has 0 radical (unpaired) electrons. The summed E-state index contributed by atoms with van der Waals surface area (Å²) in [5.41, 5.74) is 0.682. The maximum absolute atomic E-state index is 13.1. The van der Waals surface area contributed by atoms with Gasteiger partial charge in [0.05, 0.1) is 27.9 Å². The van der Waals surface area contributed by atoms with E-state index < -0.39 is 21.7 Å². The molecule has 0 heterocycles. The van der Waals surface area contributed by atoms with Gasteiger partial charge >= 0.3 is 0 Å². The molecule has 6 nitrogen and oxygen atoms in total. The Kier molecular flexibility index (Phi) is 6.59. The molecule has 2 N–H and O–H groups in total. The fourth-order valence-electron chi connectivity index (χ4n) is 2.61. The Morgan fingerprint density at radius 3 is 2.43 bits per heavy atom. The van der Waals surface area contributed by atoms with Crippen LogP contribution in [0, 0.1) is 5.82 Å². The summed E-state index contributed by atoms with van der Waals surface area (Å²) in [6.45, 7) is 2.26. The Morgan fingerprint density at radius 1 is 1.03 bits per heavy atom. The Hall–Kier alpha value is -3.10. The normalized spacial score (nSPS) is 11.0. The summed E-state index contributed by atoms with van der Waals surface area (Å²) >= 11 is 6.11. The van der Waals surface area contributed by atoms with Crippen molar-refractivity contribution < 1.29 is 22.3 Å². The molecule has 3 rings (SSSR count). The average molecular weight is 449 g/mol. The lowest BCUT2D eigenvalue weighted by molar-refractivity contribution is 0.102. The summed E-state index contributed by atoms with van der Waals surface area (Å²) in [6.07, 6.45) is 0. The lowest BCUT2D eigenvalue weighted by atomic mass is 10.2.